The molecule has 0 amide bonds. The van der Waals surface area contributed by atoms with Gasteiger partial charge in [-0.3, -0.25) is 19.7 Å². The highest BCUT2D eigenvalue weighted by Gasteiger charge is 2.38. The molecule has 21 heavy (non-hydrogen) atoms. The van der Waals surface area contributed by atoms with Gasteiger partial charge in [0.2, 0.25) is 0 Å². The SMILES string of the molecule is CCOC(=O)C(C(=O)OCC)c1c(Cl)cccc1[N+](=O)[O-]. The van der Waals surface area contributed by atoms with E-state index in [0.717, 1.165) is 6.07 Å². The van der Waals surface area contributed by atoms with Gasteiger partial charge in [0.1, 0.15) is 0 Å². The summed E-state index contributed by atoms with van der Waals surface area (Å²) in [6.07, 6.45) is 0. The van der Waals surface area contributed by atoms with Crippen LogP contribution in [0.2, 0.25) is 5.02 Å². The van der Waals surface area contributed by atoms with Crippen LogP contribution >= 0.6 is 11.6 Å². The molecule has 0 heterocycles. The summed E-state index contributed by atoms with van der Waals surface area (Å²) >= 11 is 5.94. The van der Waals surface area contributed by atoms with Gasteiger partial charge in [-0.2, -0.15) is 0 Å². The number of ether oxygens (including phenoxy) is 2. The number of halogens is 1. The van der Waals surface area contributed by atoms with Gasteiger partial charge in [0.25, 0.3) is 5.69 Å². The molecule has 1 rings (SSSR count). The van der Waals surface area contributed by atoms with Crippen LogP contribution < -0.4 is 0 Å². The number of carbonyl (C=O) groups excluding carboxylic acids is 2. The molecule has 0 radical (unpaired) electrons. The lowest BCUT2D eigenvalue weighted by atomic mass is 9.97. The lowest BCUT2D eigenvalue weighted by Gasteiger charge is -2.15. The largest absolute Gasteiger partial charge is 0.465 e. The molecule has 1 aromatic carbocycles. The average Bonchev–Trinajstić information content (AvgIpc) is 2.41. The molecule has 0 aliphatic heterocycles. The summed E-state index contributed by atoms with van der Waals surface area (Å²) in [5.74, 6) is -3.46. The summed E-state index contributed by atoms with van der Waals surface area (Å²) in [5.41, 5.74) is -0.658. The molecule has 0 N–H and O–H groups in total. The van der Waals surface area contributed by atoms with E-state index in [1.807, 2.05) is 0 Å². The topological polar surface area (TPSA) is 95.7 Å². The molecule has 8 heteroatoms. The molecule has 1 aromatic rings. The van der Waals surface area contributed by atoms with Crippen molar-refractivity contribution in [1.29, 1.82) is 0 Å². The van der Waals surface area contributed by atoms with Gasteiger partial charge in [0.05, 0.1) is 28.7 Å². The Morgan fingerprint density at radius 2 is 1.76 bits per heavy atom. The third-order valence-corrected chi connectivity index (χ3v) is 2.89. The van der Waals surface area contributed by atoms with Crippen molar-refractivity contribution in [2.45, 2.75) is 19.8 Å². The van der Waals surface area contributed by atoms with Crippen LogP contribution in [0.3, 0.4) is 0 Å². The molecule has 0 atom stereocenters. The highest BCUT2D eigenvalue weighted by molar-refractivity contribution is 6.32. The predicted octanol–water partition coefficient (Wildman–Crippen LogP) is 2.46. The Morgan fingerprint density at radius 1 is 1.24 bits per heavy atom. The van der Waals surface area contributed by atoms with Gasteiger partial charge >= 0.3 is 11.9 Å². The summed E-state index contributed by atoms with van der Waals surface area (Å²) < 4.78 is 9.59. The van der Waals surface area contributed by atoms with Crippen LogP contribution in [0.15, 0.2) is 18.2 Å². The molecule has 0 fully saturated rings. The second kappa shape index (κ2) is 7.58. The Balaban J connectivity index is 3.42. The third-order valence-electron chi connectivity index (χ3n) is 2.56. The molecule has 0 saturated carbocycles. The fourth-order valence-electron chi connectivity index (χ4n) is 1.75. The van der Waals surface area contributed by atoms with Crippen LogP contribution in [-0.4, -0.2) is 30.1 Å². The molecule has 0 bridgehead atoms. The molecular weight excluding hydrogens is 302 g/mol. The predicted molar refractivity (Wildman–Crippen MR) is 74.1 cm³/mol. The van der Waals surface area contributed by atoms with Gasteiger partial charge in [-0.05, 0) is 19.9 Å². The van der Waals surface area contributed by atoms with Crippen LogP contribution in [0.5, 0.6) is 0 Å². The zero-order valence-corrected chi connectivity index (χ0v) is 12.3. The van der Waals surface area contributed by atoms with E-state index in [9.17, 15) is 19.7 Å². The maximum Gasteiger partial charge on any atom is 0.325 e. The summed E-state index contributed by atoms with van der Waals surface area (Å²) in [6.45, 7) is 3.15. The minimum atomic E-state index is -1.58. The number of rotatable bonds is 6. The van der Waals surface area contributed by atoms with E-state index < -0.39 is 28.5 Å². The monoisotopic (exact) mass is 315 g/mol. The summed E-state index contributed by atoms with van der Waals surface area (Å²) in [6, 6.07) is 3.87. The van der Waals surface area contributed by atoms with E-state index in [1.165, 1.54) is 12.1 Å². The Bertz CT molecular complexity index is 542. The number of nitro benzene ring substituents is 1. The number of nitrogens with zero attached hydrogens (tertiary/aromatic N) is 1. The van der Waals surface area contributed by atoms with Gasteiger partial charge in [-0.25, -0.2) is 0 Å². The van der Waals surface area contributed by atoms with E-state index in [-0.39, 0.29) is 23.8 Å². The normalized spacial score (nSPS) is 10.3. The fourth-order valence-corrected chi connectivity index (χ4v) is 2.03. The smallest absolute Gasteiger partial charge is 0.325 e. The van der Waals surface area contributed by atoms with Gasteiger partial charge < -0.3 is 9.47 Å². The molecular formula is C13H14ClNO6. The average molecular weight is 316 g/mol. The van der Waals surface area contributed by atoms with Crippen LogP contribution in [0.4, 0.5) is 5.69 Å². The Kier molecular flexibility index (Phi) is 6.10. The number of benzene rings is 1. The Hall–Kier alpha value is -2.15. The first-order valence-electron chi connectivity index (χ1n) is 6.20. The number of hydrogen-bond donors (Lipinski definition) is 0. The van der Waals surface area contributed by atoms with Crippen molar-refractivity contribution in [2.24, 2.45) is 0 Å². The van der Waals surface area contributed by atoms with E-state index in [1.54, 1.807) is 13.8 Å². The first-order chi connectivity index (χ1) is 9.93. The minimum Gasteiger partial charge on any atom is -0.465 e. The van der Waals surface area contributed by atoms with Crippen LogP contribution in [0.1, 0.15) is 25.3 Å². The molecule has 7 nitrogen and oxygen atoms in total. The quantitative estimate of drug-likeness (QED) is 0.346. The fraction of sp³-hybridized carbons (Fsp3) is 0.385. The van der Waals surface area contributed by atoms with Gasteiger partial charge in [-0.1, -0.05) is 17.7 Å². The van der Waals surface area contributed by atoms with Crippen molar-refractivity contribution in [3.63, 3.8) is 0 Å². The lowest BCUT2D eigenvalue weighted by Crippen LogP contribution is -2.27. The zero-order valence-electron chi connectivity index (χ0n) is 11.5. The van der Waals surface area contributed by atoms with Crippen molar-refractivity contribution in [3.05, 3.63) is 38.9 Å². The van der Waals surface area contributed by atoms with E-state index in [0.29, 0.717) is 0 Å². The van der Waals surface area contributed by atoms with Crippen molar-refractivity contribution >= 4 is 29.2 Å². The van der Waals surface area contributed by atoms with Crippen LogP contribution in [0, 0.1) is 10.1 Å². The maximum atomic E-state index is 12.0. The number of nitro groups is 1. The van der Waals surface area contributed by atoms with Crippen LogP contribution in [0.25, 0.3) is 0 Å². The van der Waals surface area contributed by atoms with Crippen LogP contribution in [-0.2, 0) is 19.1 Å². The maximum absolute atomic E-state index is 12.0. The first kappa shape index (κ1) is 16.9. The van der Waals surface area contributed by atoms with Gasteiger partial charge in [0, 0.05) is 6.07 Å². The van der Waals surface area contributed by atoms with Gasteiger partial charge in [-0.15, -0.1) is 0 Å². The Morgan fingerprint density at radius 3 is 2.19 bits per heavy atom. The first-order valence-corrected chi connectivity index (χ1v) is 6.57. The van der Waals surface area contributed by atoms with Crippen molar-refractivity contribution in [2.75, 3.05) is 13.2 Å². The molecule has 0 aromatic heterocycles. The molecule has 0 saturated heterocycles. The summed E-state index contributed by atoms with van der Waals surface area (Å²) in [7, 11) is 0. The van der Waals surface area contributed by atoms with E-state index in [2.05, 4.69) is 0 Å². The third kappa shape index (κ3) is 3.91. The lowest BCUT2D eigenvalue weighted by molar-refractivity contribution is -0.385. The highest BCUT2D eigenvalue weighted by atomic mass is 35.5. The summed E-state index contributed by atoms with van der Waals surface area (Å²) in [5, 5.41) is 11.0. The molecule has 0 aliphatic rings. The summed E-state index contributed by atoms with van der Waals surface area (Å²) in [4.78, 5) is 34.3. The van der Waals surface area contributed by atoms with Crippen molar-refractivity contribution in [3.8, 4) is 0 Å². The minimum absolute atomic E-state index is 0.0208. The molecule has 0 spiro atoms. The molecule has 114 valence electrons. The number of carbonyl (C=O) groups is 2. The number of hydrogen-bond acceptors (Lipinski definition) is 6. The van der Waals surface area contributed by atoms with Crippen molar-refractivity contribution < 1.29 is 24.0 Å². The standard InChI is InChI=1S/C13H14ClNO6/c1-3-20-12(16)11(13(17)21-4-2)10-8(14)6-5-7-9(10)15(18)19/h5-7,11H,3-4H2,1-2H3. The van der Waals surface area contributed by atoms with Crippen molar-refractivity contribution in [1.82, 2.24) is 0 Å². The highest BCUT2D eigenvalue weighted by Crippen LogP contribution is 2.34. The second-order valence-corrected chi connectivity index (χ2v) is 4.27. The second-order valence-electron chi connectivity index (χ2n) is 3.87. The molecule has 0 unspecified atom stereocenters. The molecule has 0 aliphatic carbocycles. The Labute approximate surface area is 125 Å². The zero-order chi connectivity index (χ0) is 16.0. The number of esters is 2. The van der Waals surface area contributed by atoms with E-state index >= 15 is 0 Å². The van der Waals surface area contributed by atoms with E-state index in [4.69, 9.17) is 21.1 Å². The van der Waals surface area contributed by atoms with Gasteiger partial charge in [0.15, 0.2) is 5.92 Å².